The second kappa shape index (κ2) is 23.4. The van der Waals surface area contributed by atoms with Crippen molar-refractivity contribution in [3.8, 4) is 11.5 Å². The molecule has 7 heterocycles. The van der Waals surface area contributed by atoms with Gasteiger partial charge < -0.3 is 39.0 Å². The van der Waals surface area contributed by atoms with Crippen molar-refractivity contribution in [1.82, 2.24) is 34.7 Å². The number of hydrogen-bond donors (Lipinski definition) is 2. The lowest BCUT2D eigenvalue weighted by Gasteiger charge is -2.23. The number of rotatable bonds is 16. The number of para-hydroxylation sites is 1. The van der Waals surface area contributed by atoms with E-state index in [9.17, 15) is 19.2 Å². The maximum Gasteiger partial charge on any atom is 0.305 e. The Balaban J connectivity index is 0.000000239. The van der Waals surface area contributed by atoms with Crippen molar-refractivity contribution in [3.63, 3.8) is 0 Å². The van der Waals surface area contributed by atoms with E-state index in [4.69, 9.17) is 37.4 Å². The van der Waals surface area contributed by atoms with E-state index in [-0.39, 0.29) is 65.9 Å². The topological polar surface area (TPSA) is 189 Å². The molecule has 7 aromatic rings. The molecule has 16 nitrogen and oxygen atoms in total. The zero-order valence-electron chi connectivity index (χ0n) is 38.5. The van der Waals surface area contributed by atoms with Gasteiger partial charge in [0.05, 0.1) is 80.8 Å². The normalized spacial score (nSPS) is 17.4. The average molecular weight is 1030 g/mol. The number of carbonyl (C=O) groups is 4. The first-order chi connectivity index (χ1) is 33.9. The molecule has 0 unspecified atom stereocenters. The summed E-state index contributed by atoms with van der Waals surface area (Å²) in [6.45, 7) is 1.12. The number of likely N-dealkylation sites (tertiary alicyclic amines) is 1. The number of nitrogens with one attached hydrogen (secondary N) is 2. The molecule has 9 rings (SSSR count). The van der Waals surface area contributed by atoms with Gasteiger partial charge in [0.15, 0.2) is 0 Å². The Bertz CT molecular complexity index is 2940. The van der Waals surface area contributed by atoms with Crippen LogP contribution in [0.1, 0.15) is 73.5 Å². The van der Waals surface area contributed by atoms with Crippen LogP contribution < -0.4 is 20.1 Å². The maximum atomic E-state index is 13.9. The van der Waals surface area contributed by atoms with Gasteiger partial charge >= 0.3 is 11.9 Å². The van der Waals surface area contributed by atoms with Crippen LogP contribution in [-0.4, -0.2) is 92.7 Å². The maximum absolute atomic E-state index is 13.9. The Labute approximate surface area is 422 Å². The van der Waals surface area contributed by atoms with Crippen molar-refractivity contribution in [2.45, 2.75) is 69.2 Å². The van der Waals surface area contributed by atoms with Crippen LogP contribution in [0.25, 0.3) is 10.9 Å². The Morgan fingerprint density at radius 3 is 2.09 bits per heavy atom. The third-order valence-corrected chi connectivity index (χ3v) is 14.7. The fourth-order valence-electron chi connectivity index (χ4n) is 8.23. The molecule has 0 radical (unpaired) electrons. The highest BCUT2D eigenvalue weighted by molar-refractivity contribution is 7.12. The van der Waals surface area contributed by atoms with E-state index < -0.39 is 0 Å². The first kappa shape index (κ1) is 50.0. The fraction of sp³-hybridized carbons (Fsp3) is 0.320. The summed E-state index contributed by atoms with van der Waals surface area (Å²) in [5.74, 6) is 0.417. The molecule has 2 aromatic carbocycles. The van der Waals surface area contributed by atoms with E-state index in [1.807, 2.05) is 60.3 Å². The second-order valence-electron chi connectivity index (χ2n) is 16.6. The highest BCUT2D eigenvalue weighted by Gasteiger charge is 2.39. The summed E-state index contributed by atoms with van der Waals surface area (Å²) < 4.78 is 23.4. The summed E-state index contributed by atoms with van der Waals surface area (Å²) in [4.78, 5) is 71.0. The molecular formula is C50H50Cl2N8O8S2. The van der Waals surface area contributed by atoms with E-state index in [0.717, 1.165) is 49.4 Å². The van der Waals surface area contributed by atoms with Crippen LogP contribution in [0.5, 0.6) is 11.5 Å². The van der Waals surface area contributed by atoms with Crippen LogP contribution in [0.2, 0.25) is 10.0 Å². The van der Waals surface area contributed by atoms with E-state index >= 15 is 0 Å². The average Bonchev–Trinajstić information content (AvgIpc) is 4.24. The van der Waals surface area contributed by atoms with Crippen molar-refractivity contribution in [2.75, 3.05) is 32.6 Å². The number of fused-ring (bicyclic) bond motifs is 1. The zero-order valence-corrected chi connectivity index (χ0v) is 41.7. The zero-order chi connectivity index (χ0) is 49.1. The second-order valence-corrected chi connectivity index (χ2v) is 19.7. The molecule has 4 atom stereocenters. The lowest BCUT2D eigenvalue weighted by Crippen LogP contribution is -2.33. The summed E-state index contributed by atoms with van der Waals surface area (Å²) in [5.41, 5.74) is 2.31. The number of aromatic nitrogens is 5. The van der Waals surface area contributed by atoms with Crippen molar-refractivity contribution in [2.24, 2.45) is 7.05 Å². The molecule has 20 heteroatoms. The number of esters is 2. The molecular weight excluding hydrogens is 976 g/mol. The molecule has 2 fully saturated rings. The number of thiazole rings is 2. The Kier molecular flexibility index (Phi) is 16.7. The molecule has 2 N–H and O–H groups in total. The van der Waals surface area contributed by atoms with Crippen molar-refractivity contribution >= 4 is 86.2 Å². The first-order valence-electron chi connectivity index (χ1n) is 22.5. The van der Waals surface area contributed by atoms with Gasteiger partial charge in [0.2, 0.25) is 5.91 Å². The van der Waals surface area contributed by atoms with Crippen LogP contribution in [0.15, 0.2) is 104 Å². The largest absolute Gasteiger partial charge is 0.487 e. The fourth-order valence-corrected chi connectivity index (χ4v) is 10.7. The van der Waals surface area contributed by atoms with Gasteiger partial charge in [0, 0.05) is 83.1 Å². The Morgan fingerprint density at radius 2 is 1.43 bits per heavy atom. The lowest BCUT2D eigenvalue weighted by atomic mass is 10.1. The molecule has 70 heavy (non-hydrogen) atoms. The summed E-state index contributed by atoms with van der Waals surface area (Å²) >= 11 is 16.4. The van der Waals surface area contributed by atoms with Crippen LogP contribution in [-0.2, 0) is 50.2 Å². The Morgan fingerprint density at radius 1 is 0.786 bits per heavy atom. The lowest BCUT2D eigenvalue weighted by molar-refractivity contribution is -0.141. The molecule has 2 aliphatic heterocycles. The standard InChI is InChI=1S/C34H31Cl2N5O5S.C16H19N3O3S/c1-40-19-25(24-7-3-4-8-29(24)40)33(44)39-28-15-26(35)20(12-27(28)36)13-31(42)41-18-22(46-21-6-5-11-37-16-21)14-30(41)34-38-17-23(47-34)9-10-32(43)45-2;1-21-15(20)5-4-13-10-19-16(23-13)14-7-12(9-18-14)22-11-3-2-6-17-8-11/h3-8,11-12,15-17,19,22,30H,9-10,13-14,18H2,1-2H3,(H,39,44);2-3,6,8,10,12,14,18H,4-5,7,9H2,1H3/t22-,30-;12-,14-/m00/s1. The highest BCUT2D eigenvalue weighted by atomic mass is 35.5. The molecule has 0 saturated carbocycles. The minimum Gasteiger partial charge on any atom is -0.487 e. The third-order valence-electron chi connectivity index (χ3n) is 11.7. The monoisotopic (exact) mass is 1020 g/mol. The number of pyridine rings is 2. The van der Waals surface area contributed by atoms with E-state index in [1.54, 1.807) is 71.6 Å². The number of amides is 2. The number of carbonyl (C=O) groups excluding carboxylic acids is 4. The summed E-state index contributed by atoms with van der Waals surface area (Å²) in [6.07, 6.45) is 15.1. The van der Waals surface area contributed by atoms with Gasteiger partial charge in [-0.05, 0) is 60.9 Å². The smallest absolute Gasteiger partial charge is 0.305 e. The summed E-state index contributed by atoms with van der Waals surface area (Å²) in [6, 6.07) is 18.1. The van der Waals surface area contributed by atoms with E-state index in [2.05, 4.69) is 35.3 Å². The van der Waals surface area contributed by atoms with Gasteiger partial charge in [-0.2, -0.15) is 0 Å². The molecule has 2 amide bonds. The van der Waals surface area contributed by atoms with Crippen LogP contribution in [0.4, 0.5) is 5.69 Å². The van der Waals surface area contributed by atoms with Crippen LogP contribution in [0.3, 0.4) is 0 Å². The summed E-state index contributed by atoms with van der Waals surface area (Å²) in [7, 11) is 4.65. The number of hydrogen-bond acceptors (Lipinski definition) is 15. The molecule has 364 valence electrons. The summed E-state index contributed by atoms with van der Waals surface area (Å²) in [5, 5.41) is 9.49. The van der Waals surface area contributed by atoms with Gasteiger partial charge in [0.1, 0.15) is 33.7 Å². The molecule has 0 bridgehead atoms. The van der Waals surface area contributed by atoms with Crippen molar-refractivity contribution in [3.05, 3.63) is 145 Å². The first-order valence-corrected chi connectivity index (χ1v) is 24.9. The van der Waals surface area contributed by atoms with Crippen LogP contribution in [0, 0.1) is 0 Å². The predicted octanol–water partition coefficient (Wildman–Crippen LogP) is 8.78. The molecule has 0 aliphatic carbocycles. The van der Waals surface area contributed by atoms with Gasteiger partial charge in [0.25, 0.3) is 5.91 Å². The number of benzene rings is 2. The number of ether oxygens (including phenoxy) is 4. The number of methoxy groups -OCH3 is 2. The minimum absolute atomic E-state index is 0.0210. The number of anilines is 1. The quantitative estimate of drug-likeness (QED) is 0.0875. The van der Waals surface area contributed by atoms with Crippen molar-refractivity contribution in [1.29, 1.82) is 0 Å². The van der Waals surface area contributed by atoms with E-state index in [1.165, 1.54) is 25.6 Å². The number of aryl methyl sites for hydroxylation is 3. The highest BCUT2D eigenvalue weighted by Crippen LogP contribution is 2.38. The van der Waals surface area contributed by atoms with Gasteiger partial charge in [-0.1, -0.05) is 41.4 Å². The Hall–Kier alpha value is -6.44. The molecule has 5 aromatic heterocycles. The van der Waals surface area contributed by atoms with Crippen LogP contribution >= 0.6 is 45.9 Å². The predicted molar refractivity (Wildman–Crippen MR) is 268 cm³/mol. The SMILES string of the molecule is COC(=O)CCc1cnc([C@@H]2C[C@H](Oc3cccnc3)CN2)s1.COC(=O)CCc1cnc([C@@H]2C[C@H](Oc3cccnc3)CN2C(=O)Cc2cc(Cl)c(NC(=O)c3cn(C)c4ccccc34)cc2Cl)s1. The molecule has 2 aliphatic rings. The number of halogens is 2. The molecule has 0 spiro atoms. The number of nitrogens with zero attached hydrogens (tertiary/aromatic N) is 6. The van der Waals surface area contributed by atoms with E-state index in [0.29, 0.717) is 59.8 Å². The minimum atomic E-state index is -0.338. The van der Waals surface area contributed by atoms with Gasteiger partial charge in [-0.15, -0.1) is 22.7 Å². The van der Waals surface area contributed by atoms with Crippen molar-refractivity contribution < 1.29 is 38.1 Å². The third kappa shape index (κ3) is 12.7. The molecule has 2 saturated heterocycles. The van der Waals surface area contributed by atoms with Gasteiger partial charge in [-0.25, -0.2) is 9.97 Å². The van der Waals surface area contributed by atoms with Gasteiger partial charge in [-0.3, -0.25) is 29.1 Å².